The molecule has 3 rings (SSSR count). The Kier molecular flexibility index (Phi) is 4.44. The molecule has 3 heteroatoms. The van der Waals surface area contributed by atoms with E-state index in [1.807, 2.05) is 61.5 Å². The van der Waals surface area contributed by atoms with Crippen molar-refractivity contribution in [2.45, 2.75) is 13.3 Å². The average molecular weight is 303 g/mol. The van der Waals surface area contributed by atoms with E-state index < -0.39 is 0 Å². The summed E-state index contributed by atoms with van der Waals surface area (Å²) in [7, 11) is 0. The Morgan fingerprint density at radius 1 is 1.04 bits per heavy atom. The Bertz CT molecular complexity index is 882. The van der Waals surface area contributed by atoms with E-state index in [0.29, 0.717) is 6.61 Å². The number of esters is 1. The minimum Gasteiger partial charge on any atom is -0.466 e. The molecule has 0 saturated carbocycles. The highest BCUT2D eigenvalue weighted by atomic mass is 16.5. The minimum atomic E-state index is -0.236. The molecule has 1 heterocycles. The zero-order valence-corrected chi connectivity index (χ0v) is 12.9. The van der Waals surface area contributed by atoms with Gasteiger partial charge in [0.15, 0.2) is 0 Å². The first-order valence-corrected chi connectivity index (χ1v) is 7.60. The number of ether oxygens (including phenoxy) is 1. The molecule has 0 amide bonds. The van der Waals surface area contributed by atoms with E-state index in [0.717, 1.165) is 27.7 Å². The molecule has 0 saturated heterocycles. The first-order valence-electron chi connectivity index (χ1n) is 7.60. The minimum absolute atomic E-state index is 0.219. The van der Waals surface area contributed by atoms with Gasteiger partial charge < -0.3 is 9.72 Å². The molecule has 0 fully saturated rings. The first kappa shape index (κ1) is 14.9. The molecule has 1 N–H and O–H groups in total. The predicted molar refractivity (Wildman–Crippen MR) is 91.1 cm³/mol. The summed E-state index contributed by atoms with van der Waals surface area (Å²) in [6.45, 7) is 2.19. The number of hydrogen-bond acceptors (Lipinski definition) is 2. The number of nitrogens with one attached hydrogen (secondary N) is 1. The molecule has 0 aliphatic heterocycles. The van der Waals surface area contributed by atoms with Crippen molar-refractivity contribution in [1.82, 2.24) is 4.98 Å². The molecule has 0 bridgehead atoms. The van der Waals surface area contributed by atoms with E-state index in [2.05, 4.69) is 16.8 Å². The van der Waals surface area contributed by atoms with Crippen LogP contribution in [-0.4, -0.2) is 17.6 Å². The summed E-state index contributed by atoms with van der Waals surface area (Å²) in [5.74, 6) is 6.05. The quantitative estimate of drug-likeness (QED) is 0.592. The Morgan fingerprint density at radius 3 is 2.57 bits per heavy atom. The maximum Gasteiger partial charge on any atom is 0.310 e. The van der Waals surface area contributed by atoms with Crippen LogP contribution in [0.15, 0.2) is 54.6 Å². The lowest BCUT2D eigenvalue weighted by atomic mass is 10.1. The summed E-state index contributed by atoms with van der Waals surface area (Å²) in [6, 6.07) is 17.7. The number of H-pyrrole nitrogens is 1. The molecule has 0 radical (unpaired) electrons. The summed E-state index contributed by atoms with van der Waals surface area (Å²) in [6.07, 6.45) is 0.219. The molecule has 23 heavy (non-hydrogen) atoms. The van der Waals surface area contributed by atoms with Gasteiger partial charge in [-0.05, 0) is 31.0 Å². The van der Waals surface area contributed by atoms with Gasteiger partial charge in [-0.1, -0.05) is 42.3 Å². The van der Waals surface area contributed by atoms with Crippen LogP contribution < -0.4 is 0 Å². The van der Waals surface area contributed by atoms with Crippen molar-refractivity contribution in [1.29, 1.82) is 0 Å². The molecule has 0 aliphatic rings. The maximum absolute atomic E-state index is 11.9. The van der Waals surface area contributed by atoms with E-state index in [1.165, 1.54) is 0 Å². The molecule has 114 valence electrons. The largest absolute Gasteiger partial charge is 0.466 e. The van der Waals surface area contributed by atoms with Crippen LogP contribution in [0.2, 0.25) is 0 Å². The Hall–Kier alpha value is -2.99. The summed E-state index contributed by atoms with van der Waals surface area (Å²) in [5.41, 5.74) is 3.57. The Morgan fingerprint density at radius 2 is 1.78 bits per heavy atom. The molecule has 0 aliphatic carbocycles. The van der Waals surface area contributed by atoms with E-state index in [4.69, 9.17) is 4.74 Å². The molecule has 1 aromatic heterocycles. The highest BCUT2D eigenvalue weighted by Gasteiger charge is 2.14. The first-order chi connectivity index (χ1) is 11.3. The summed E-state index contributed by atoms with van der Waals surface area (Å²) in [4.78, 5) is 15.2. The maximum atomic E-state index is 11.9. The topological polar surface area (TPSA) is 42.1 Å². The standard InChI is InChI=1S/C20H17NO2/c1-2-23-20(22)14-17-16-10-6-7-11-18(16)21-19(17)13-12-15-8-4-3-5-9-15/h3-11,21H,2,14H2,1H3. The van der Waals surface area contributed by atoms with Gasteiger partial charge in [0.1, 0.15) is 0 Å². The van der Waals surface area contributed by atoms with E-state index in [9.17, 15) is 4.79 Å². The van der Waals surface area contributed by atoms with Gasteiger partial charge in [0, 0.05) is 22.0 Å². The molecule has 3 nitrogen and oxygen atoms in total. The van der Waals surface area contributed by atoms with Crippen LogP contribution in [0, 0.1) is 11.8 Å². The highest BCUT2D eigenvalue weighted by molar-refractivity contribution is 5.89. The van der Waals surface area contributed by atoms with Crippen molar-refractivity contribution in [2.75, 3.05) is 6.61 Å². The second kappa shape index (κ2) is 6.85. The molecule has 0 unspecified atom stereocenters. The smallest absolute Gasteiger partial charge is 0.310 e. The number of hydrogen-bond donors (Lipinski definition) is 1. The van der Waals surface area contributed by atoms with Crippen molar-refractivity contribution in [3.63, 3.8) is 0 Å². The SMILES string of the molecule is CCOC(=O)Cc1c(C#Cc2ccccc2)[nH]c2ccccc12. The van der Waals surface area contributed by atoms with Gasteiger partial charge >= 0.3 is 5.97 Å². The lowest BCUT2D eigenvalue weighted by molar-refractivity contribution is -0.142. The Labute approximate surface area is 135 Å². The number of fused-ring (bicyclic) bond motifs is 1. The number of para-hydroxylation sites is 1. The summed E-state index contributed by atoms with van der Waals surface area (Å²) < 4.78 is 5.08. The average Bonchev–Trinajstić information content (AvgIpc) is 2.92. The van der Waals surface area contributed by atoms with Gasteiger partial charge in [-0.25, -0.2) is 0 Å². The number of rotatable bonds is 3. The number of benzene rings is 2. The molecular weight excluding hydrogens is 286 g/mol. The third kappa shape index (κ3) is 3.44. The van der Waals surface area contributed by atoms with Crippen LogP contribution in [0.25, 0.3) is 10.9 Å². The fourth-order valence-electron chi connectivity index (χ4n) is 2.50. The van der Waals surface area contributed by atoms with Crippen LogP contribution in [0.4, 0.5) is 0 Å². The van der Waals surface area contributed by atoms with E-state index >= 15 is 0 Å². The van der Waals surface area contributed by atoms with Crippen LogP contribution in [0.5, 0.6) is 0 Å². The highest BCUT2D eigenvalue weighted by Crippen LogP contribution is 2.22. The molecule has 3 aromatic rings. The predicted octanol–water partition coefficient (Wildman–Crippen LogP) is 3.67. The van der Waals surface area contributed by atoms with Gasteiger partial charge in [0.25, 0.3) is 0 Å². The van der Waals surface area contributed by atoms with Crippen molar-refractivity contribution in [3.05, 3.63) is 71.4 Å². The zero-order valence-electron chi connectivity index (χ0n) is 12.9. The lowest BCUT2D eigenvalue weighted by Crippen LogP contribution is -2.08. The molecule has 2 aromatic carbocycles. The third-order valence-corrected chi connectivity index (χ3v) is 3.55. The van der Waals surface area contributed by atoms with Crippen LogP contribution in [0.1, 0.15) is 23.7 Å². The van der Waals surface area contributed by atoms with Crippen molar-refractivity contribution in [3.8, 4) is 11.8 Å². The normalized spacial score (nSPS) is 10.1. The molecule has 0 atom stereocenters. The fraction of sp³-hybridized carbons (Fsp3) is 0.150. The lowest BCUT2D eigenvalue weighted by Gasteiger charge is -2.01. The van der Waals surface area contributed by atoms with Gasteiger partial charge in [-0.2, -0.15) is 0 Å². The third-order valence-electron chi connectivity index (χ3n) is 3.55. The van der Waals surface area contributed by atoms with Crippen LogP contribution in [0.3, 0.4) is 0 Å². The second-order valence-electron chi connectivity index (χ2n) is 5.12. The fourth-order valence-corrected chi connectivity index (χ4v) is 2.50. The van der Waals surface area contributed by atoms with Gasteiger partial charge in [0.05, 0.1) is 18.7 Å². The zero-order chi connectivity index (χ0) is 16.1. The molecular formula is C20H17NO2. The van der Waals surface area contributed by atoms with E-state index in [1.54, 1.807) is 0 Å². The van der Waals surface area contributed by atoms with Crippen molar-refractivity contribution in [2.24, 2.45) is 0 Å². The number of aromatic amines is 1. The van der Waals surface area contributed by atoms with Gasteiger partial charge in [0.2, 0.25) is 0 Å². The number of carbonyl (C=O) groups excluding carboxylic acids is 1. The summed E-state index contributed by atoms with van der Waals surface area (Å²) >= 11 is 0. The second-order valence-corrected chi connectivity index (χ2v) is 5.12. The van der Waals surface area contributed by atoms with Crippen LogP contribution >= 0.6 is 0 Å². The molecule has 0 spiro atoms. The summed E-state index contributed by atoms with van der Waals surface area (Å²) in [5, 5.41) is 1.01. The van der Waals surface area contributed by atoms with Gasteiger partial charge in [-0.3, -0.25) is 4.79 Å². The van der Waals surface area contributed by atoms with Crippen molar-refractivity contribution < 1.29 is 9.53 Å². The van der Waals surface area contributed by atoms with Gasteiger partial charge in [-0.15, -0.1) is 0 Å². The van der Waals surface area contributed by atoms with E-state index in [-0.39, 0.29) is 12.4 Å². The monoisotopic (exact) mass is 303 g/mol. The number of aromatic nitrogens is 1. The number of carbonyl (C=O) groups is 1. The van der Waals surface area contributed by atoms with Crippen LogP contribution in [-0.2, 0) is 16.0 Å². The Balaban J connectivity index is 2.02. The van der Waals surface area contributed by atoms with Crippen molar-refractivity contribution >= 4 is 16.9 Å².